The van der Waals surface area contributed by atoms with Crippen molar-refractivity contribution in [1.29, 1.82) is 0 Å². The Labute approximate surface area is 126 Å². The third-order valence-electron chi connectivity index (χ3n) is 4.25. The molecule has 0 amide bonds. The van der Waals surface area contributed by atoms with Crippen molar-refractivity contribution in [2.75, 3.05) is 6.54 Å². The van der Waals surface area contributed by atoms with Crippen LogP contribution in [-0.2, 0) is 26.6 Å². The van der Waals surface area contributed by atoms with Crippen molar-refractivity contribution in [3.63, 3.8) is 0 Å². The Hall–Kier alpha value is -1.75. The smallest absolute Gasteiger partial charge is 0.131 e. The molecule has 0 N–H and O–H groups in total. The zero-order chi connectivity index (χ0) is 15.0. The van der Waals surface area contributed by atoms with Crippen molar-refractivity contribution in [3.8, 4) is 0 Å². The Morgan fingerprint density at radius 1 is 1.24 bits per heavy atom. The Morgan fingerprint density at radius 3 is 2.71 bits per heavy atom. The standard InChI is InChI=1S/C16H23N5/c1-11(2)16-18-7-13-9-21(6-5-15(13)19-16)10-14-8-17-12(3)20(14)4/h7-8,11H,5-6,9-10H2,1-4H3. The van der Waals surface area contributed by atoms with E-state index in [0.717, 1.165) is 37.7 Å². The van der Waals surface area contributed by atoms with E-state index in [9.17, 15) is 0 Å². The molecule has 0 spiro atoms. The van der Waals surface area contributed by atoms with Crippen LogP contribution in [0.4, 0.5) is 0 Å². The van der Waals surface area contributed by atoms with Crippen molar-refractivity contribution < 1.29 is 0 Å². The van der Waals surface area contributed by atoms with Crippen LogP contribution in [0.25, 0.3) is 0 Å². The fraction of sp³-hybridized carbons (Fsp3) is 0.562. The van der Waals surface area contributed by atoms with Gasteiger partial charge in [0, 0.05) is 62.7 Å². The van der Waals surface area contributed by atoms with Gasteiger partial charge in [-0.05, 0) is 6.92 Å². The van der Waals surface area contributed by atoms with Gasteiger partial charge in [-0.15, -0.1) is 0 Å². The SMILES string of the molecule is Cc1ncc(CN2CCc3nc(C(C)C)ncc3C2)n1C. The number of rotatable bonds is 3. The highest BCUT2D eigenvalue weighted by molar-refractivity contribution is 5.21. The van der Waals surface area contributed by atoms with Crippen LogP contribution >= 0.6 is 0 Å². The Bertz CT molecular complexity index is 644. The quantitative estimate of drug-likeness (QED) is 0.867. The maximum Gasteiger partial charge on any atom is 0.131 e. The average Bonchev–Trinajstić information content (AvgIpc) is 2.78. The zero-order valence-corrected chi connectivity index (χ0v) is 13.3. The zero-order valence-electron chi connectivity index (χ0n) is 13.3. The molecule has 5 heteroatoms. The normalized spacial score (nSPS) is 15.5. The van der Waals surface area contributed by atoms with Gasteiger partial charge in [-0.3, -0.25) is 4.90 Å². The summed E-state index contributed by atoms with van der Waals surface area (Å²) in [6.45, 7) is 9.23. The van der Waals surface area contributed by atoms with E-state index in [1.165, 1.54) is 17.0 Å². The molecule has 0 unspecified atom stereocenters. The third kappa shape index (κ3) is 2.83. The maximum absolute atomic E-state index is 4.72. The highest BCUT2D eigenvalue weighted by Crippen LogP contribution is 2.20. The Kier molecular flexibility index (Phi) is 3.76. The predicted molar refractivity (Wildman–Crippen MR) is 81.9 cm³/mol. The van der Waals surface area contributed by atoms with Gasteiger partial charge >= 0.3 is 0 Å². The second kappa shape index (κ2) is 5.56. The molecule has 0 saturated carbocycles. The summed E-state index contributed by atoms with van der Waals surface area (Å²) in [5.41, 5.74) is 3.76. The second-order valence-corrected chi connectivity index (χ2v) is 6.17. The first-order chi connectivity index (χ1) is 10.0. The number of aryl methyl sites for hydroxylation is 1. The Morgan fingerprint density at radius 2 is 2.05 bits per heavy atom. The van der Waals surface area contributed by atoms with Gasteiger partial charge in [-0.1, -0.05) is 13.8 Å². The molecule has 112 valence electrons. The molecule has 5 nitrogen and oxygen atoms in total. The average molecular weight is 285 g/mol. The summed E-state index contributed by atoms with van der Waals surface area (Å²) < 4.78 is 2.16. The van der Waals surface area contributed by atoms with Crippen molar-refractivity contribution >= 4 is 0 Å². The highest BCUT2D eigenvalue weighted by atomic mass is 15.2. The minimum absolute atomic E-state index is 0.394. The van der Waals surface area contributed by atoms with Crippen molar-refractivity contribution in [1.82, 2.24) is 24.4 Å². The van der Waals surface area contributed by atoms with E-state index in [1.807, 2.05) is 19.3 Å². The van der Waals surface area contributed by atoms with E-state index in [2.05, 4.69) is 40.3 Å². The fourth-order valence-electron chi connectivity index (χ4n) is 2.73. The summed E-state index contributed by atoms with van der Waals surface area (Å²) in [6.07, 6.45) is 5.00. The van der Waals surface area contributed by atoms with Crippen molar-refractivity contribution in [2.24, 2.45) is 7.05 Å². The summed E-state index contributed by atoms with van der Waals surface area (Å²) in [7, 11) is 2.08. The molecule has 0 saturated heterocycles. The molecule has 1 aliphatic rings. The predicted octanol–water partition coefficient (Wildman–Crippen LogP) is 2.20. The third-order valence-corrected chi connectivity index (χ3v) is 4.25. The molecule has 0 atom stereocenters. The molecule has 0 bridgehead atoms. The molecule has 21 heavy (non-hydrogen) atoms. The van der Waals surface area contributed by atoms with Gasteiger partial charge in [-0.2, -0.15) is 0 Å². The van der Waals surface area contributed by atoms with Gasteiger partial charge in [0.2, 0.25) is 0 Å². The number of fused-ring (bicyclic) bond motifs is 1. The molecule has 0 fully saturated rings. The summed E-state index contributed by atoms with van der Waals surface area (Å²) in [6, 6.07) is 0. The largest absolute Gasteiger partial charge is 0.334 e. The lowest BCUT2D eigenvalue weighted by Gasteiger charge is -2.28. The van der Waals surface area contributed by atoms with Crippen LogP contribution in [0.1, 0.15) is 48.4 Å². The van der Waals surface area contributed by atoms with E-state index < -0.39 is 0 Å². The summed E-state index contributed by atoms with van der Waals surface area (Å²) in [5.74, 6) is 2.42. The number of hydrogen-bond donors (Lipinski definition) is 0. The van der Waals surface area contributed by atoms with Gasteiger partial charge in [0.1, 0.15) is 11.6 Å². The first-order valence-electron chi connectivity index (χ1n) is 7.59. The van der Waals surface area contributed by atoms with Crippen LogP contribution in [0.3, 0.4) is 0 Å². The molecular weight excluding hydrogens is 262 g/mol. The molecule has 0 aliphatic carbocycles. The topological polar surface area (TPSA) is 46.8 Å². The summed E-state index contributed by atoms with van der Waals surface area (Å²) in [4.78, 5) is 16.0. The van der Waals surface area contributed by atoms with E-state index in [1.54, 1.807) is 0 Å². The number of imidazole rings is 1. The summed E-state index contributed by atoms with van der Waals surface area (Å²) in [5, 5.41) is 0. The van der Waals surface area contributed by atoms with Crippen LogP contribution in [0.2, 0.25) is 0 Å². The minimum atomic E-state index is 0.394. The lowest BCUT2D eigenvalue weighted by Crippen LogP contribution is -2.31. The molecule has 3 rings (SSSR count). The van der Waals surface area contributed by atoms with E-state index in [4.69, 9.17) is 4.98 Å². The minimum Gasteiger partial charge on any atom is -0.334 e. The van der Waals surface area contributed by atoms with Gasteiger partial charge < -0.3 is 4.57 Å². The second-order valence-electron chi connectivity index (χ2n) is 6.17. The van der Waals surface area contributed by atoms with Crippen LogP contribution < -0.4 is 0 Å². The first-order valence-corrected chi connectivity index (χ1v) is 7.59. The Balaban J connectivity index is 1.74. The lowest BCUT2D eigenvalue weighted by atomic mass is 10.1. The van der Waals surface area contributed by atoms with Gasteiger partial charge in [0.15, 0.2) is 0 Å². The molecule has 2 aromatic heterocycles. The molecule has 1 aliphatic heterocycles. The van der Waals surface area contributed by atoms with Crippen LogP contribution in [0.15, 0.2) is 12.4 Å². The maximum atomic E-state index is 4.72. The lowest BCUT2D eigenvalue weighted by molar-refractivity contribution is 0.237. The van der Waals surface area contributed by atoms with Gasteiger partial charge in [0.25, 0.3) is 0 Å². The monoisotopic (exact) mass is 285 g/mol. The molecule has 0 radical (unpaired) electrons. The molecule has 3 heterocycles. The fourth-order valence-corrected chi connectivity index (χ4v) is 2.73. The number of hydrogen-bond acceptors (Lipinski definition) is 4. The number of aromatic nitrogens is 4. The van der Waals surface area contributed by atoms with Gasteiger partial charge in [-0.25, -0.2) is 15.0 Å². The van der Waals surface area contributed by atoms with Crippen molar-refractivity contribution in [2.45, 2.75) is 46.2 Å². The van der Waals surface area contributed by atoms with Gasteiger partial charge in [0.05, 0.1) is 5.69 Å². The highest BCUT2D eigenvalue weighted by Gasteiger charge is 2.20. The van der Waals surface area contributed by atoms with E-state index in [0.29, 0.717) is 5.92 Å². The van der Waals surface area contributed by atoms with Crippen molar-refractivity contribution in [3.05, 3.63) is 41.0 Å². The van der Waals surface area contributed by atoms with E-state index >= 15 is 0 Å². The summed E-state index contributed by atoms with van der Waals surface area (Å²) >= 11 is 0. The van der Waals surface area contributed by atoms with Crippen LogP contribution in [-0.4, -0.2) is 31.0 Å². The van der Waals surface area contributed by atoms with Crippen LogP contribution in [0.5, 0.6) is 0 Å². The van der Waals surface area contributed by atoms with Crippen LogP contribution in [0, 0.1) is 6.92 Å². The molecule has 2 aromatic rings. The molecular formula is C16H23N5. The first kappa shape index (κ1) is 14.2. The number of nitrogens with zero attached hydrogens (tertiary/aromatic N) is 5. The van der Waals surface area contributed by atoms with E-state index in [-0.39, 0.29) is 0 Å². The molecule has 0 aromatic carbocycles.